The lowest BCUT2D eigenvalue weighted by Gasteiger charge is -2.48. The molecular weight excluding hydrogens is 405 g/mol. The lowest BCUT2D eigenvalue weighted by molar-refractivity contribution is 0.230. The summed E-state index contributed by atoms with van der Waals surface area (Å²) < 4.78 is 0. The molecular formula is C27H50BN3Si. The monoisotopic (exact) mass is 455 g/mol. The molecule has 0 N–H and O–H groups in total. The fourth-order valence-electron chi connectivity index (χ4n) is 5.72. The first-order valence-electron chi connectivity index (χ1n) is 13.2. The smallest absolute Gasteiger partial charge is 0.319 e. The minimum absolute atomic E-state index is 0.235. The van der Waals surface area contributed by atoms with Crippen molar-refractivity contribution in [1.29, 1.82) is 0 Å². The van der Waals surface area contributed by atoms with Crippen molar-refractivity contribution >= 4 is 25.5 Å². The summed E-state index contributed by atoms with van der Waals surface area (Å²) in [4.78, 5) is 11.2. The maximum atomic E-state index is 5.75. The molecule has 0 radical (unpaired) electrons. The summed E-state index contributed by atoms with van der Waals surface area (Å²) in [5.74, 6) is 0. The molecule has 3 nitrogen and oxygen atoms in total. The van der Waals surface area contributed by atoms with Crippen LogP contribution in [0.1, 0.15) is 87.5 Å². The van der Waals surface area contributed by atoms with Crippen LogP contribution in [-0.4, -0.2) is 60.1 Å². The number of aliphatic imine (C=N–C) groups is 1. The van der Waals surface area contributed by atoms with E-state index in [0.29, 0.717) is 30.2 Å². The van der Waals surface area contributed by atoms with E-state index in [1.54, 1.807) is 0 Å². The summed E-state index contributed by atoms with van der Waals surface area (Å²) >= 11 is 0. The van der Waals surface area contributed by atoms with Gasteiger partial charge in [-0.05, 0) is 37.0 Å². The van der Waals surface area contributed by atoms with E-state index in [1.165, 1.54) is 42.5 Å². The van der Waals surface area contributed by atoms with E-state index < -0.39 is 8.07 Å². The van der Waals surface area contributed by atoms with Gasteiger partial charge >= 0.3 is 6.98 Å². The SMILES string of the molecule is CC(C)N(B(C(=NC1CCCCC1)[Si](C)(C)c1ccccc1)N(C(C)C)C(C)C)C(C)C. The Labute approximate surface area is 201 Å². The van der Waals surface area contributed by atoms with Crippen LogP contribution in [0.2, 0.25) is 13.1 Å². The number of hydrogen-bond acceptors (Lipinski definition) is 3. The topological polar surface area (TPSA) is 18.8 Å². The van der Waals surface area contributed by atoms with Crippen LogP contribution < -0.4 is 5.19 Å². The number of hydrogen-bond donors (Lipinski definition) is 0. The molecule has 1 aromatic rings. The van der Waals surface area contributed by atoms with Crippen LogP contribution in [-0.2, 0) is 0 Å². The summed E-state index contributed by atoms with van der Waals surface area (Å²) in [6.45, 7) is 24.2. The Morgan fingerprint density at radius 2 is 1.22 bits per heavy atom. The van der Waals surface area contributed by atoms with Crippen LogP contribution in [0.15, 0.2) is 35.3 Å². The van der Waals surface area contributed by atoms with Crippen LogP contribution in [0.3, 0.4) is 0 Å². The van der Waals surface area contributed by atoms with Gasteiger partial charge in [0.15, 0.2) is 0 Å². The molecule has 180 valence electrons. The molecule has 1 fully saturated rings. The van der Waals surface area contributed by atoms with Crippen LogP contribution in [0.25, 0.3) is 0 Å². The van der Waals surface area contributed by atoms with Crippen LogP contribution in [0.4, 0.5) is 0 Å². The van der Waals surface area contributed by atoms with Crippen molar-refractivity contribution in [3.63, 3.8) is 0 Å². The van der Waals surface area contributed by atoms with Gasteiger partial charge in [-0.25, -0.2) is 0 Å². The Balaban J connectivity index is 2.76. The second-order valence-electron chi connectivity index (χ2n) is 11.4. The van der Waals surface area contributed by atoms with Crippen molar-refractivity contribution in [2.45, 2.75) is 131 Å². The first kappa shape index (κ1) is 27.3. The third-order valence-electron chi connectivity index (χ3n) is 7.23. The van der Waals surface area contributed by atoms with Crippen molar-refractivity contribution in [3.8, 4) is 0 Å². The molecule has 32 heavy (non-hydrogen) atoms. The Hall–Kier alpha value is -0.908. The lowest BCUT2D eigenvalue weighted by atomic mass is 9.67. The third-order valence-corrected chi connectivity index (χ3v) is 10.7. The molecule has 1 aliphatic carbocycles. The standard InChI is InChI=1S/C27H50BN3Si/c1-21(2)30(22(3)4)28(31(23(5)6)24(7)8)27(29-25-17-13-11-14-18-25)32(9,10)26-19-15-12-16-20-26/h12,15-16,19-25H,11,13-14,17-18H2,1-10H3. The quantitative estimate of drug-likeness (QED) is 0.310. The van der Waals surface area contributed by atoms with Gasteiger partial charge in [0, 0.05) is 11.3 Å². The molecule has 0 heterocycles. The van der Waals surface area contributed by atoms with E-state index >= 15 is 0 Å². The van der Waals surface area contributed by atoms with Crippen molar-refractivity contribution in [2.75, 3.05) is 0 Å². The molecule has 1 aromatic carbocycles. The zero-order valence-corrected chi connectivity index (χ0v) is 23.7. The Morgan fingerprint density at radius 1 is 0.781 bits per heavy atom. The molecule has 0 aromatic heterocycles. The predicted molar refractivity (Wildman–Crippen MR) is 148 cm³/mol. The van der Waals surface area contributed by atoms with Gasteiger partial charge in [0.1, 0.15) is 8.07 Å². The van der Waals surface area contributed by atoms with Gasteiger partial charge in [-0.2, -0.15) is 0 Å². The van der Waals surface area contributed by atoms with Gasteiger partial charge in [-0.3, -0.25) is 0 Å². The molecule has 0 amide bonds. The normalized spacial score (nSPS) is 16.9. The molecule has 1 aliphatic rings. The molecule has 2 rings (SSSR count). The third kappa shape index (κ3) is 6.57. The van der Waals surface area contributed by atoms with Crippen LogP contribution in [0.5, 0.6) is 0 Å². The predicted octanol–water partition coefficient (Wildman–Crippen LogP) is 6.18. The van der Waals surface area contributed by atoms with E-state index in [1.807, 2.05) is 0 Å². The van der Waals surface area contributed by atoms with E-state index in [4.69, 9.17) is 4.99 Å². The van der Waals surface area contributed by atoms with E-state index in [-0.39, 0.29) is 6.98 Å². The fourth-order valence-corrected chi connectivity index (χ4v) is 8.49. The van der Waals surface area contributed by atoms with E-state index in [2.05, 4.69) is 108 Å². The van der Waals surface area contributed by atoms with Gasteiger partial charge in [0.05, 0.1) is 0 Å². The highest BCUT2D eigenvalue weighted by atomic mass is 28.3. The maximum Gasteiger partial charge on any atom is 0.357 e. The van der Waals surface area contributed by atoms with Gasteiger partial charge in [0.25, 0.3) is 0 Å². The highest BCUT2D eigenvalue weighted by Gasteiger charge is 2.47. The Morgan fingerprint density at radius 3 is 1.62 bits per heavy atom. The van der Waals surface area contributed by atoms with Gasteiger partial charge in [-0.1, -0.05) is 123 Å². The van der Waals surface area contributed by atoms with E-state index in [0.717, 1.165) is 0 Å². The highest BCUT2D eigenvalue weighted by molar-refractivity contribution is 7.30. The summed E-state index contributed by atoms with van der Waals surface area (Å²) in [7, 11) is -2.00. The first-order chi connectivity index (χ1) is 15.0. The first-order valence-corrected chi connectivity index (χ1v) is 16.2. The maximum absolute atomic E-state index is 5.75. The largest absolute Gasteiger partial charge is 0.357 e. The summed E-state index contributed by atoms with van der Waals surface area (Å²) in [5.41, 5.74) is 0. The number of nitrogens with zero attached hydrogens (tertiary/aromatic N) is 3. The van der Waals surface area contributed by atoms with Crippen molar-refractivity contribution < 1.29 is 0 Å². The minimum Gasteiger partial charge on any atom is -0.319 e. The van der Waals surface area contributed by atoms with Crippen LogP contribution in [0, 0.1) is 0 Å². The van der Waals surface area contributed by atoms with E-state index in [9.17, 15) is 0 Å². The molecule has 0 unspecified atom stereocenters. The fraction of sp³-hybridized carbons (Fsp3) is 0.741. The average molecular weight is 456 g/mol. The Bertz CT molecular complexity index is 673. The molecule has 0 bridgehead atoms. The molecule has 0 spiro atoms. The summed E-state index contributed by atoms with van der Waals surface area (Å²) in [6, 6.07) is 13.6. The summed E-state index contributed by atoms with van der Waals surface area (Å²) in [5, 5.41) is 2.99. The zero-order chi connectivity index (χ0) is 24.1. The molecule has 5 heteroatoms. The summed E-state index contributed by atoms with van der Waals surface area (Å²) in [6.07, 6.45) is 6.54. The Kier molecular flexibility index (Phi) is 10.2. The van der Waals surface area contributed by atoms with Gasteiger partial charge in [-0.15, -0.1) is 0 Å². The number of benzene rings is 1. The zero-order valence-electron chi connectivity index (χ0n) is 22.7. The number of rotatable bonds is 10. The molecule has 1 saturated carbocycles. The molecule has 0 saturated heterocycles. The van der Waals surface area contributed by atoms with Crippen molar-refractivity contribution in [1.82, 2.24) is 9.62 Å². The average Bonchev–Trinajstić information content (AvgIpc) is 2.71. The van der Waals surface area contributed by atoms with Crippen LogP contribution >= 0.6 is 0 Å². The minimum atomic E-state index is -2.00. The van der Waals surface area contributed by atoms with Gasteiger partial charge in [0.2, 0.25) is 0 Å². The highest BCUT2D eigenvalue weighted by Crippen LogP contribution is 2.26. The van der Waals surface area contributed by atoms with Gasteiger partial charge < -0.3 is 14.6 Å². The van der Waals surface area contributed by atoms with Crippen molar-refractivity contribution in [3.05, 3.63) is 30.3 Å². The second kappa shape index (κ2) is 12.0. The molecule has 0 aliphatic heterocycles. The molecule has 0 atom stereocenters. The second-order valence-corrected chi connectivity index (χ2v) is 15.8. The van der Waals surface area contributed by atoms with Crippen molar-refractivity contribution in [2.24, 2.45) is 4.99 Å². The lowest BCUT2D eigenvalue weighted by Crippen LogP contribution is -2.71.